The number of H-pyrrole nitrogens is 1. The van der Waals surface area contributed by atoms with Crippen molar-refractivity contribution in [1.29, 1.82) is 0 Å². The lowest BCUT2D eigenvalue weighted by Gasteiger charge is -2.18. The lowest BCUT2D eigenvalue weighted by Crippen LogP contribution is -2.22. The van der Waals surface area contributed by atoms with E-state index in [0.717, 1.165) is 23.9 Å². The smallest absolute Gasteiger partial charge is 0.373 e. The molecule has 0 atom stereocenters. The highest BCUT2D eigenvalue weighted by molar-refractivity contribution is 7.19. The van der Waals surface area contributed by atoms with Crippen molar-refractivity contribution < 1.29 is 0 Å². The fourth-order valence-corrected chi connectivity index (χ4v) is 3.35. The Kier molecular flexibility index (Phi) is 5.50. The lowest BCUT2D eigenvalue weighted by molar-refractivity contribution is 0.573. The predicted octanol–water partition coefficient (Wildman–Crippen LogP) is 5.53. The summed E-state index contributed by atoms with van der Waals surface area (Å²) >= 11 is 1.48. The average molecular weight is 356 g/mol. The maximum atomic E-state index is 7.03. The summed E-state index contributed by atoms with van der Waals surface area (Å²) in [6.45, 7) is 26.2. The lowest BCUT2D eigenvalue weighted by atomic mass is 9.93. The van der Waals surface area contributed by atoms with Crippen LogP contribution in [0.1, 0.15) is 40.3 Å². The molecule has 2 aromatic rings. The summed E-state index contributed by atoms with van der Waals surface area (Å²) in [7, 11) is 0. The Morgan fingerprint density at radius 3 is 2.28 bits per heavy atom. The van der Waals surface area contributed by atoms with E-state index in [1.54, 1.807) is 0 Å². The van der Waals surface area contributed by atoms with Gasteiger partial charge in [-0.05, 0) is 13.8 Å². The minimum atomic E-state index is -0.178. The normalized spacial score (nSPS) is 11.5. The van der Waals surface area contributed by atoms with E-state index in [-0.39, 0.29) is 23.0 Å². The standard InChI is InChI=1S/C16H20N8S/c1-8-24(9-2)15-19-10(16(3,4)5)13(25-15)22-23-14-20-11(17-6)12(18-7)21-14/h8-9H2,1-5H3,(H,20,21)/b23-22+. The van der Waals surface area contributed by atoms with Crippen LogP contribution in [0.3, 0.4) is 0 Å². The molecule has 0 aliphatic rings. The van der Waals surface area contributed by atoms with E-state index < -0.39 is 0 Å². The first-order valence-electron chi connectivity index (χ1n) is 7.86. The quantitative estimate of drug-likeness (QED) is 0.565. The minimum Gasteiger partial charge on any atom is -0.373 e. The van der Waals surface area contributed by atoms with Crippen LogP contribution in [0.5, 0.6) is 0 Å². The van der Waals surface area contributed by atoms with Crippen molar-refractivity contribution in [2.45, 2.75) is 40.0 Å². The molecule has 0 bridgehead atoms. The van der Waals surface area contributed by atoms with Gasteiger partial charge in [-0.15, -0.1) is 5.11 Å². The monoisotopic (exact) mass is 356 g/mol. The molecule has 0 unspecified atom stereocenters. The Bertz CT molecular complexity index is 821. The minimum absolute atomic E-state index is 0.00753. The van der Waals surface area contributed by atoms with Crippen LogP contribution in [0.15, 0.2) is 10.2 Å². The van der Waals surface area contributed by atoms with Crippen LogP contribution in [-0.2, 0) is 5.41 Å². The van der Waals surface area contributed by atoms with E-state index in [2.05, 4.69) is 69.4 Å². The topological polar surface area (TPSA) is 78.2 Å². The fourth-order valence-electron chi connectivity index (χ4n) is 2.13. The number of hydrogen-bond acceptors (Lipinski definition) is 6. The Balaban J connectivity index is 2.43. The van der Waals surface area contributed by atoms with Crippen LogP contribution in [0.25, 0.3) is 9.69 Å². The third kappa shape index (κ3) is 4.01. The van der Waals surface area contributed by atoms with Gasteiger partial charge in [0.25, 0.3) is 11.6 Å². The number of thiazole rings is 1. The van der Waals surface area contributed by atoms with Gasteiger partial charge >= 0.3 is 5.95 Å². The summed E-state index contributed by atoms with van der Waals surface area (Å²) in [5.74, 6) is 0.232. The molecular weight excluding hydrogens is 336 g/mol. The van der Waals surface area contributed by atoms with Crippen molar-refractivity contribution in [2.24, 2.45) is 10.2 Å². The van der Waals surface area contributed by atoms with E-state index in [9.17, 15) is 0 Å². The first-order chi connectivity index (χ1) is 11.8. The number of imidazole rings is 1. The molecule has 0 aliphatic heterocycles. The predicted molar refractivity (Wildman–Crippen MR) is 99.7 cm³/mol. The zero-order chi connectivity index (χ0) is 18.6. The van der Waals surface area contributed by atoms with Gasteiger partial charge in [-0.3, -0.25) is 4.98 Å². The summed E-state index contributed by atoms with van der Waals surface area (Å²) in [6, 6.07) is 0. The van der Waals surface area contributed by atoms with Crippen molar-refractivity contribution in [3.05, 3.63) is 28.5 Å². The zero-order valence-electron chi connectivity index (χ0n) is 15.0. The van der Waals surface area contributed by atoms with E-state index >= 15 is 0 Å². The van der Waals surface area contributed by atoms with Gasteiger partial charge in [0.1, 0.15) is 0 Å². The summed E-state index contributed by atoms with van der Waals surface area (Å²) in [5, 5.41) is 9.99. The molecule has 0 radical (unpaired) electrons. The number of hydrogen-bond donors (Lipinski definition) is 1. The molecule has 0 spiro atoms. The highest BCUT2D eigenvalue weighted by Gasteiger charge is 2.25. The molecule has 0 fully saturated rings. The molecule has 1 N–H and O–H groups in total. The van der Waals surface area contributed by atoms with E-state index in [4.69, 9.17) is 18.1 Å². The van der Waals surface area contributed by atoms with Gasteiger partial charge in [-0.2, -0.15) is 0 Å². The van der Waals surface area contributed by atoms with Crippen LogP contribution in [0, 0.1) is 13.1 Å². The molecule has 2 rings (SSSR count). The van der Waals surface area contributed by atoms with Crippen molar-refractivity contribution >= 4 is 39.1 Å². The molecule has 0 saturated heterocycles. The number of azo groups is 1. The molecular formula is C16H20N8S. The third-order valence-electron chi connectivity index (χ3n) is 3.45. The van der Waals surface area contributed by atoms with E-state index in [1.165, 1.54) is 11.3 Å². The zero-order valence-corrected chi connectivity index (χ0v) is 15.8. The van der Waals surface area contributed by atoms with Gasteiger partial charge in [0.15, 0.2) is 10.1 Å². The van der Waals surface area contributed by atoms with Crippen LogP contribution in [-0.4, -0.2) is 28.0 Å². The number of nitrogens with one attached hydrogen (secondary N) is 1. The molecule has 2 heterocycles. The number of aromatic nitrogens is 3. The van der Waals surface area contributed by atoms with Crippen LogP contribution >= 0.6 is 11.3 Å². The molecule has 130 valence electrons. The number of aromatic amines is 1. The molecule has 0 aromatic carbocycles. The average Bonchev–Trinajstić information content (AvgIpc) is 3.17. The molecule has 0 saturated carbocycles. The largest absolute Gasteiger partial charge is 0.414 e. The second kappa shape index (κ2) is 7.41. The van der Waals surface area contributed by atoms with Crippen molar-refractivity contribution in [3.8, 4) is 0 Å². The third-order valence-corrected chi connectivity index (χ3v) is 4.45. The van der Waals surface area contributed by atoms with Gasteiger partial charge in [-0.1, -0.05) is 55.4 Å². The van der Waals surface area contributed by atoms with Gasteiger partial charge in [0, 0.05) is 18.5 Å². The number of rotatable bonds is 5. The Morgan fingerprint density at radius 1 is 1.12 bits per heavy atom. The van der Waals surface area contributed by atoms with Crippen LogP contribution in [0.2, 0.25) is 0 Å². The second-order valence-corrected chi connectivity index (χ2v) is 7.18. The van der Waals surface area contributed by atoms with Gasteiger partial charge in [-0.25, -0.2) is 4.98 Å². The van der Waals surface area contributed by atoms with Gasteiger partial charge in [0.05, 0.1) is 5.69 Å². The molecule has 0 amide bonds. The highest BCUT2D eigenvalue weighted by atomic mass is 32.1. The maximum Gasteiger partial charge on any atom is 0.414 e. The van der Waals surface area contributed by atoms with Crippen LogP contribution < -0.4 is 4.90 Å². The molecule has 8 nitrogen and oxygen atoms in total. The number of anilines is 1. The van der Waals surface area contributed by atoms with Gasteiger partial charge < -0.3 is 14.6 Å². The Labute approximate surface area is 151 Å². The Morgan fingerprint density at radius 2 is 1.80 bits per heavy atom. The Hall–Kier alpha value is -2.78. The molecule has 9 heteroatoms. The highest BCUT2D eigenvalue weighted by Crippen LogP contribution is 2.40. The van der Waals surface area contributed by atoms with Crippen LogP contribution in [0.4, 0.5) is 27.7 Å². The summed E-state index contributed by atoms with van der Waals surface area (Å²) in [6.07, 6.45) is 0. The fraction of sp³-hybridized carbons (Fsp3) is 0.500. The van der Waals surface area contributed by atoms with Crippen molar-refractivity contribution in [3.63, 3.8) is 0 Å². The van der Waals surface area contributed by atoms with Gasteiger partial charge in [0.2, 0.25) is 0 Å². The van der Waals surface area contributed by atoms with E-state index in [0.29, 0.717) is 5.00 Å². The summed E-state index contributed by atoms with van der Waals surface area (Å²) in [4.78, 5) is 20.0. The van der Waals surface area contributed by atoms with Crippen molar-refractivity contribution in [1.82, 2.24) is 15.0 Å². The number of nitrogens with zero attached hydrogens (tertiary/aromatic N) is 7. The molecule has 0 aliphatic carbocycles. The van der Waals surface area contributed by atoms with Crippen molar-refractivity contribution in [2.75, 3.05) is 18.0 Å². The SMILES string of the molecule is [C-]#[N+]c1nc(/N=N/c2sc(N(CC)CC)nc2C(C)(C)C)[nH]c1[N+]#[C-]. The summed E-state index contributed by atoms with van der Waals surface area (Å²) < 4.78 is 0. The first kappa shape index (κ1) is 18.6. The van der Waals surface area contributed by atoms with E-state index in [1.807, 2.05) is 0 Å². The molecule has 2 aromatic heterocycles. The molecule has 25 heavy (non-hydrogen) atoms. The second-order valence-electron chi connectivity index (χ2n) is 6.23. The summed E-state index contributed by atoms with van der Waals surface area (Å²) in [5.41, 5.74) is 0.688. The first-order valence-corrected chi connectivity index (χ1v) is 8.68. The maximum absolute atomic E-state index is 7.03.